The molecule has 0 saturated carbocycles. The third kappa shape index (κ3) is 3.48. The summed E-state index contributed by atoms with van der Waals surface area (Å²) in [6.07, 6.45) is 7.61. The van der Waals surface area contributed by atoms with Crippen LogP contribution in [-0.4, -0.2) is 84.2 Å². The van der Waals surface area contributed by atoms with E-state index in [0.29, 0.717) is 12.3 Å². The van der Waals surface area contributed by atoms with E-state index >= 15 is 0 Å². The molecule has 4 heterocycles. The monoisotopic (exact) mass is 345 g/mol. The topological polar surface area (TPSA) is 61.8 Å². The minimum Gasteiger partial charge on any atom is -0.371 e. The Morgan fingerprint density at radius 3 is 2.64 bits per heavy atom. The van der Waals surface area contributed by atoms with E-state index in [1.54, 1.807) is 12.4 Å². The van der Waals surface area contributed by atoms with Crippen molar-refractivity contribution in [2.24, 2.45) is 0 Å². The molecule has 0 N–H and O–H groups in total. The van der Waals surface area contributed by atoms with E-state index in [4.69, 9.17) is 4.74 Å². The highest BCUT2D eigenvalue weighted by Crippen LogP contribution is 2.31. The van der Waals surface area contributed by atoms with Gasteiger partial charge in [0.15, 0.2) is 0 Å². The summed E-state index contributed by atoms with van der Waals surface area (Å²) in [5.74, 6) is 0.806. The Kier molecular flexibility index (Phi) is 4.60. The molecule has 1 aromatic rings. The Hall–Kier alpha value is -1.73. The van der Waals surface area contributed by atoms with Crippen LogP contribution in [0, 0.1) is 0 Å². The number of carbonyl (C=O) groups is 1. The Morgan fingerprint density at radius 2 is 1.88 bits per heavy atom. The molecule has 0 bridgehead atoms. The van der Waals surface area contributed by atoms with Crippen LogP contribution in [-0.2, 0) is 4.74 Å². The van der Waals surface area contributed by atoms with E-state index < -0.39 is 0 Å². The molecule has 3 saturated heterocycles. The molecule has 136 valence electrons. The average molecular weight is 345 g/mol. The normalized spacial score (nSPS) is 24.0. The van der Waals surface area contributed by atoms with Gasteiger partial charge in [0.05, 0.1) is 24.6 Å². The lowest BCUT2D eigenvalue weighted by molar-refractivity contribution is -0.0884. The Morgan fingerprint density at radius 1 is 1.12 bits per heavy atom. The van der Waals surface area contributed by atoms with Gasteiger partial charge in [-0.3, -0.25) is 9.78 Å². The molecule has 4 rings (SSSR count). The number of anilines is 1. The van der Waals surface area contributed by atoms with Crippen molar-refractivity contribution in [2.75, 3.05) is 57.8 Å². The summed E-state index contributed by atoms with van der Waals surface area (Å²) < 4.78 is 6.17. The number of ether oxygens (including phenoxy) is 1. The minimum atomic E-state index is -0.0819. The van der Waals surface area contributed by atoms with Crippen molar-refractivity contribution < 1.29 is 9.53 Å². The predicted molar refractivity (Wildman–Crippen MR) is 94.8 cm³/mol. The lowest BCUT2D eigenvalue weighted by Gasteiger charge is -2.47. The number of nitrogens with zero attached hydrogens (tertiary/aromatic N) is 5. The molecule has 0 unspecified atom stereocenters. The summed E-state index contributed by atoms with van der Waals surface area (Å²) in [6.45, 7) is 6.12. The second-order valence-corrected chi connectivity index (χ2v) is 7.52. The highest BCUT2D eigenvalue weighted by molar-refractivity contribution is 5.92. The summed E-state index contributed by atoms with van der Waals surface area (Å²) in [4.78, 5) is 28.0. The number of aromatic nitrogens is 2. The number of hydrogen-bond acceptors (Lipinski definition) is 6. The SMILES string of the molecule is CN1CCC2(CC1)CN(c1cncc(C(=O)N3CCCC3)n1)CCO2. The fourth-order valence-electron chi connectivity index (χ4n) is 4.06. The highest BCUT2D eigenvalue weighted by atomic mass is 16.5. The fourth-order valence-corrected chi connectivity index (χ4v) is 4.06. The zero-order valence-corrected chi connectivity index (χ0v) is 15.0. The van der Waals surface area contributed by atoms with Crippen LogP contribution in [0.15, 0.2) is 12.4 Å². The van der Waals surface area contributed by atoms with Gasteiger partial charge in [-0.1, -0.05) is 0 Å². The Balaban J connectivity index is 1.49. The molecule has 7 nitrogen and oxygen atoms in total. The molecule has 0 radical (unpaired) electrons. The highest BCUT2D eigenvalue weighted by Gasteiger charge is 2.39. The van der Waals surface area contributed by atoms with Crippen LogP contribution in [0.1, 0.15) is 36.2 Å². The number of rotatable bonds is 2. The van der Waals surface area contributed by atoms with Crippen LogP contribution >= 0.6 is 0 Å². The molecule has 1 amide bonds. The average Bonchev–Trinajstić information content (AvgIpc) is 3.19. The first-order valence-electron chi connectivity index (χ1n) is 9.34. The number of hydrogen-bond donors (Lipinski definition) is 0. The second kappa shape index (κ2) is 6.88. The van der Waals surface area contributed by atoms with Gasteiger partial charge in [0.2, 0.25) is 0 Å². The zero-order valence-electron chi connectivity index (χ0n) is 15.0. The van der Waals surface area contributed by atoms with E-state index in [0.717, 1.165) is 70.8 Å². The molecule has 0 atom stereocenters. The summed E-state index contributed by atoms with van der Waals surface area (Å²) in [5, 5.41) is 0. The predicted octanol–water partition coefficient (Wildman–Crippen LogP) is 1.01. The van der Waals surface area contributed by atoms with Gasteiger partial charge < -0.3 is 19.4 Å². The Bertz CT molecular complexity index is 624. The first-order chi connectivity index (χ1) is 12.2. The summed E-state index contributed by atoms with van der Waals surface area (Å²) in [6, 6.07) is 0. The first kappa shape index (κ1) is 16.7. The van der Waals surface area contributed by atoms with E-state index in [1.165, 1.54) is 0 Å². The molecule has 3 aliphatic heterocycles. The van der Waals surface area contributed by atoms with Gasteiger partial charge in [-0.2, -0.15) is 0 Å². The molecule has 3 aliphatic rings. The van der Waals surface area contributed by atoms with Gasteiger partial charge in [-0.05, 0) is 32.7 Å². The van der Waals surface area contributed by atoms with E-state index in [1.807, 2.05) is 4.90 Å². The van der Waals surface area contributed by atoms with Gasteiger partial charge >= 0.3 is 0 Å². The molecule has 1 spiro atoms. The molecule has 3 fully saturated rings. The van der Waals surface area contributed by atoms with Crippen LogP contribution in [0.25, 0.3) is 0 Å². The zero-order chi connectivity index (χ0) is 17.3. The first-order valence-corrected chi connectivity index (χ1v) is 9.34. The molecule has 0 aliphatic carbocycles. The third-order valence-corrected chi connectivity index (χ3v) is 5.70. The van der Waals surface area contributed by atoms with Gasteiger partial charge in [0.1, 0.15) is 11.5 Å². The van der Waals surface area contributed by atoms with Crippen molar-refractivity contribution in [3.63, 3.8) is 0 Å². The Labute approximate surface area is 149 Å². The van der Waals surface area contributed by atoms with E-state index in [2.05, 4.69) is 26.8 Å². The van der Waals surface area contributed by atoms with Crippen LogP contribution in [0.2, 0.25) is 0 Å². The van der Waals surface area contributed by atoms with Crippen molar-refractivity contribution >= 4 is 11.7 Å². The van der Waals surface area contributed by atoms with Crippen molar-refractivity contribution in [2.45, 2.75) is 31.3 Å². The minimum absolute atomic E-state index is 0.00844. The quantitative estimate of drug-likeness (QED) is 0.797. The van der Waals surface area contributed by atoms with Crippen molar-refractivity contribution in [3.05, 3.63) is 18.1 Å². The van der Waals surface area contributed by atoms with Gasteiger partial charge in [0, 0.05) is 39.3 Å². The smallest absolute Gasteiger partial charge is 0.274 e. The third-order valence-electron chi connectivity index (χ3n) is 5.70. The number of likely N-dealkylation sites (tertiary alicyclic amines) is 2. The number of carbonyl (C=O) groups excluding carboxylic acids is 1. The lowest BCUT2D eigenvalue weighted by atomic mass is 9.89. The van der Waals surface area contributed by atoms with Gasteiger partial charge in [-0.25, -0.2) is 4.98 Å². The standard InChI is InChI=1S/C18H27N5O2/c1-21-8-4-18(5-9-21)14-23(10-11-25-18)16-13-19-12-15(20-16)17(24)22-6-2-3-7-22/h12-13H,2-11,14H2,1H3. The largest absolute Gasteiger partial charge is 0.371 e. The fraction of sp³-hybridized carbons (Fsp3) is 0.722. The van der Waals surface area contributed by atoms with Crippen LogP contribution in [0.5, 0.6) is 0 Å². The summed E-state index contributed by atoms with van der Waals surface area (Å²) in [7, 11) is 2.16. The summed E-state index contributed by atoms with van der Waals surface area (Å²) >= 11 is 0. The number of piperidine rings is 1. The molecular weight excluding hydrogens is 318 g/mol. The van der Waals surface area contributed by atoms with Gasteiger partial charge in [-0.15, -0.1) is 0 Å². The van der Waals surface area contributed by atoms with E-state index in [-0.39, 0.29) is 11.5 Å². The van der Waals surface area contributed by atoms with Crippen LogP contribution in [0.3, 0.4) is 0 Å². The number of morpholine rings is 1. The maximum Gasteiger partial charge on any atom is 0.274 e. The maximum absolute atomic E-state index is 12.6. The maximum atomic E-state index is 12.6. The lowest BCUT2D eigenvalue weighted by Crippen LogP contribution is -2.56. The summed E-state index contributed by atoms with van der Waals surface area (Å²) in [5.41, 5.74) is 0.379. The van der Waals surface area contributed by atoms with Crippen molar-refractivity contribution in [1.29, 1.82) is 0 Å². The van der Waals surface area contributed by atoms with Gasteiger partial charge in [0.25, 0.3) is 5.91 Å². The number of amides is 1. The van der Waals surface area contributed by atoms with Crippen LogP contribution in [0.4, 0.5) is 5.82 Å². The molecule has 1 aromatic heterocycles. The molecule has 25 heavy (non-hydrogen) atoms. The molecular formula is C18H27N5O2. The van der Waals surface area contributed by atoms with E-state index in [9.17, 15) is 4.79 Å². The molecule has 7 heteroatoms. The van der Waals surface area contributed by atoms with Crippen LogP contribution < -0.4 is 4.90 Å². The second-order valence-electron chi connectivity index (χ2n) is 7.52. The van der Waals surface area contributed by atoms with Crippen molar-refractivity contribution in [3.8, 4) is 0 Å². The van der Waals surface area contributed by atoms with Crippen molar-refractivity contribution in [1.82, 2.24) is 19.8 Å². The molecule has 0 aromatic carbocycles.